The number of thiophene rings is 1. The molecule has 0 spiro atoms. The number of benzene rings is 1. The van der Waals surface area contributed by atoms with E-state index in [9.17, 15) is 0 Å². The Morgan fingerprint density at radius 2 is 1.89 bits per heavy atom. The Hall–Kier alpha value is -0.680. The average molecular weight is 339 g/mol. The lowest BCUT2D eigenvalue weighted by molar-refractivity contribution is -0.921. The van der Waals surface area contributed by atoms with Gasteiger partial charge in [-0.15, -0.1) is 11.3 Å². The third-order valence-corrected chi connectivity index (χ3v) is 5.11. The lowest BCUT2D eigenvalue weighted by Crippen LogP contribution is -3.12. The highest BCUT2D eigenvalue weighted by Crippen LogP contribution is 2.34. The van der Waals surface area contributed by atoms with Crippen LogP contribution in [0.4, 0.5) is 0 Å². The Morgan fingerprint density at radius 1 is 1.16 bits per heavy atom. The second kappa shape index (κ2) is 6.18. The van der Waals surface area contributed by atoms with Crippen molar-refractivity contribution >= 4 is 27.3 Å². The van der Waals surface area contributed by atoms with Crippen LogP contribution in [0, 0.1) is 0 Å². The smallest absolute Gasteiger partial charge is 0.113 e. The molecule has 0 unspecified atom stereocenters. The van der Waals surface area contributed by atoms with Gasteiger partial charge in [-0.05, 0) is 27.6 Å². The van der Waals surface area contributed by atoms with Crippen LogP contribution in [-0.2, 0) is 11.3 Å². The minimum atomic E-state index is 0.891. The van der Waals surface area contributed by atoms with Crippen LogP contribution in [0.15, 0.2) is 40.2 Å². The first-order valence-electron chi connectivity index (χ1n) is 6.58. The summed E-state index contributed by atoms with van der Waals surface area (Å²) in [5, 5.41) is 0. The third kappa shape index (κ3) is 3.26. The molecule has 1 aromatic carbocycles. The fraction of sp³-hybridized carbons (Fsp3) is 0.333. The summed E-state index contributed by atoms with van der Waals surface area (Å²) in [6, 6.07) is 12.9. The summed E-state index contributed by atoms with van der Waals surface area (Å²) in [5.41, 5.74) is 2.68. The normalized spacial score (nSPS) is 16.7. The molecule has 2 heterocycles. The van der Waals surface area contributed by atoms with Crippen LogP contribution in [-0.4, -0.2) is 26.3 Å². The van der Waals surface area contributed by atoms with Crippen LogP contribution in [0.3, 0.4) is 0 Å². The van der Waals surface area contributed by atoms with E-state index >= 15 is 0 Å². The van der Waals surface area contributed by atoms with Gasteiger partial charge in [0.25, 0.3) is 0 Å². The van der Waals surface area contributed by atoms with E-state index in [0.29, 0.717) is 0 Å². The van der Waals surface area contributed by atoms with Crippen molar-refractivity contribution in [2.24, 2.45) is 0 Å². The van der Waals surface area contributed by atoms with Crippen molar-refractivity contribution in [3.05, 3.63) is 45.1 Å². The van der Waals surface area contributed by atoms with Crippen molar-refractivity contribution in [2.45, 2.75) is 6.54 Å². The Labute approximate surface area is 126 Å². The van der Waals surface area contributed by atoms with Crippen LogP contribution in [0.2, 0.25) is 0 Å². The fourth-order valence-corrected chi connectivity index (χ4v) is 4.24. The van der Waals surface area contributed by atoms with Crippen molar-refractivity contribution < 1.29 is 9.64 Å². The molecule has 0 aliphatic carbocycles. The first kappa shape index (κ1) is 13.3. The highest BCUT2D eigenvalue weighted by molar-refractivity contribution is 9.11. The second-order valence-corrected chi connectivity index (χ2v) is 7.31. The van der Waals surface area contributed by atoms with Gasteiger partial charge in [-0.1, -0.05) is 30.3 Å². The molecule has 1 N–H and O–H groups in total. The molecule has 100 valence electrons. The van der Waals surface area contributed by atoms with Crippen LogP contribution in [0.1, 0.15) is 4.88 Å². The predicted molar refractivity (Wildman–Crippen MR) is 82.7 cm³/mol. The number of rotatable bonds is 3. The summed E-state index contributed by atoms with van der Waals surface area (Å²) in [7, 11) is 0. The molecule has 19 heavy (non-hydrogen) atoms. The molecule has 2 nitrogen and oxygen atoms in total. The zero-order chi connectivity index (χ0) is 13.1. The summed E-state index contributed by atoms with van der Waals surface area (Å²) in [4.78, 5) is 3.09. The lowest BCUT2D eigenvalue weighted by atomic mass is 10.1. The molecule has 1 fully saturated rings. The highest BCUT2D eigenvalue weighted by Gasteiger charge is 2.18. The Morgan fingerprint density at radius 3 is 2.63 bits per heavy atom. The van der Waals surface area contributed by atoms with Gasteiger partial charge >= 0.3 is 0 Å². The molecule has 1 aliphatic rings. The topological polar surface area (TPSA) is 13.7 Å². The molecule has 1 aliphatic heterocycles. The maximum atomic E-state index is 5.43. The SMILES string of the molecule is Brc1cc(-c2ccccc2)c(C[NH+]2CCOCC2)s1. The number of quaternary nitrogens is 1. The second-order valence-electron chi connectivity index (χ2n) is 4.79. The molecule has 1 saturated heterocycles. The van der Waals surface area contributed by atoms with Gasteiger partial charge < -0.3 is 9.64 Å². The van der Waals surface area contributed by atoms with E-state index in [0.717, 1.165) is 32.8 Å². The Bertz CT molecular complexity index is 534. The molecule has 0 radical (unpaired) electrons. The predicted octanol–water partition coefficient (Wildman–Crippen LogP) is 2.59. The van der Waals surface area contributed by atoms with Gasteiger partial charge in [0, 0.05) is 5.56 Å². The maximum absolute atomic E-state index is 5.43. The fourth-order valence-electron chi connectivity index (χ4n) is 2.45. The van der Waals surface area contributed by atoms with Crippen LogP contribution in [0.5, 0.6) is 0 Å². The van der Waals surface area contributed by atoms with Crippen LogP contribution < -0.4 is 4.90 Å². The highest BCUT2D eigenvalue weighted by atomic mass is 79.9. The molecule has 2 aromatic rings. The quantitative estimate of drug-likeness (QED) is 0.908. The molecule has 0 atom stereocenters. The molecule has 0 amide bonds. The van der Waals surface area contributed by atoms with Gasteiger partial charge in [-0.25, -0.2) is 0 Å². The summed E-state index contributed by atoms with van der Waals surface area (Å²) >= 11 is 5.49. The monoisotopic (exact) mass is 338 g/mol. The zero-order valence-corrected chi connectivity index (χ0v) is 13.1. The summed E-state index contributed by atoms with van der Waals surface area (Å²) < 4.78 is 6.65. The minimum Gasteiger partial charge on any atom is -0.370 e. The van der Waals surface area contributed by atoms with Crippen molar-refractivity contribution in [2.75, 3.05) is 26.3 Å². The van der Waals surface area contributed by atoms with E-state index in [-0.39, 0.29) is 0 Å². The van der Waals surface area contributed by atoms with E-state index in [1.54, 1.807) is 4.90 Å². The van der Waals surface area contributed by atoms with E-state index in [4.69, 9.17) is 4.74 Å². The molecule has 0 bridgehead atoms. The first-order valence-corrected chi connectivity index (χ1v) is 8.19. The average Bonchev–Trinajstić information content (AvgIpc) is 2.82. The van der Waals surface area contributed by atoms with E-state index < -0.39 is 0 Å². The summed E-state index contributed by atoms with van der Waals surface area (Å²) in [6.07, 6.45) is 0. The summed E-state index contributed by atoms with van der Waals surface area (Å²) in [6.45, 7) is 5.11. The van der Waals surface area contributed by atoms with Gasteiger partial charge in [-0.3, -0.25) is 0 Å². The number of hydrogen-bond acceptors (Lipinski definition) is 2. The standard InChI is InChI=1S/C15H16BrNOS/c16-15-10-13(12-4-2-1-3-5-12)14(19-15)11-17-6-8-18-9-7-17/h1-5,10H,6-9,11H2/p+1. The minimum absolute atomic E-state index is 0.891. The van der Waals surface area contributed by atoms with Gasteiger partial charge in [0.1, 0.15) is 19.6 Å². The molecule has 4 heteroatoms. The van der Waals surface area contributed by atoms with Crippen molar-refractivity contribution in [3.63, 3.8) is 0 Å². The van der Waals surface area contributed by atoms with E-state index in [1.165, 1.54) is 19.8 Å². The van der Waals surface area contributed by atoms with Crippen molar-refractivity contribution in [3.8, 4) is 11.1 Å². The number of ether oxygens (including phenoxy) is 1. The zero-order valence-electron chi connectivity index (χ0n) is 10.7. The number of nitrogens with one attached hydrogen (secondary N) is 1. The summed E-state index contributed by atoms with van der Waals surface area (Å²) in [5.74, 6) is 0. The van der Waals surface area contributed by atoms with Gasteiger partial charge in [0.2, 0.25) is 0 Å². The molecular formula is C15H17BrNOS+. The first-order chi connectivity index (χ1) is 9.33. The van der Waals surface area contributed by atoms with E-state index in [1.807, 2.05) is 11.3 Å². The molecule has 3 rings (SSSR count). The van der Waals surface area contributed by atoms with Gasteiger partial charge in [0.15, 0.2) is 0 Å². The lowest BCUT2D eigenvalue weighted by Gasteiger charge is -2.23. The van der Waals surface area contributed by atoms with E-state index in [2.05, 4.69) is 52.3 Å². The Kier molecular flexibility index (Phi) is 4.33. The number of hydrogen-bond donors (Lipinski definition) is 1. The van der Waals surface area contributed by atoms with Crippen LogP contribution >= 0.6 is 27.3 Å². The number of morpholine rings is 1. The van der Waals surface area contributed by atoms with Crippen molar-refractivity contribution in [1.82, 2.24) is 0 Å². The molecule has 1 aromatic heterocycles. The Balaban J connectivity index is 1.85. The maximum Gasteiger partial charge on any atom is 0.113 e. The van der Waals surface area contributed by atoms with Gasteiger partial charge in [-0.2, -0.15) is 0 Å². The van der Waals surface area contributed by atoms with Crippen LogP contribution in [0.25, 0.3) is 11.1 Å². The number of halogens is 1. The molecule has 0 saturated carbocycles. The molecular weight excluding hydrogens is 322 g/mol. The van der Waals surface area contributed by atoms with Crippen molar-refractivity contribution in [1.29, 1.82) is 0 Å². The third-order valence-electron chi connectivity index (χ3n) is 3.47. The largest absolute Gasteiger partial charge is 0.370 e. The van der Waals surface area contributed by atoms with Gasteiger partial charge in [0.05, 0.1) is 21.9 Å².